The van der Waals surface area contributed by atoms with Crippen LogP contribution in [0.3, 0.4) is 0 Å². The number of rotatable bonds is 5. The van der Waals surface area contributed by atoms with Crippen molar-refractivity contribution in [2.75, 3.05) is 5.88 Å². The van der Waals surface area contributed by atoms with Gasteiger partial charge in [0.2, 0.25) is 0 Å². The number of fused-ring (bicyclic) bond motifs is 1. The first-order valence-electron chi connectivity index (χ1n) is 5.75. The Morgan fingerprint density at radius 1 is 1.14 bits per heavy atom. The topological polar surface area (TPSA) is 110 Å². The average Bonchev–Trinajstić information content (AvgIpc) is 2.45. The highest BCUT2D eigenvalue weighted by molar-refractivity contribution is 7.93. The van der Waals surface area contributed by atoms with Crippen molar-refractivity contribution in [2.24, 2.45) is 4.40 Å². The van der Waals surface area contributed by atoms with Gasteiger partial charge in [-0.15, -0.1) is 0 Å². The molecule has 0 spiro atoms. The molecule has 2 rings (SSSR count). The Labute approximate surface area is 131 Å². The second kappa shape index (κ2) is 6.15. The molecule has 2 aromatic carbocycles. The van der Waals surface area contributed by atoms with E-state index in [0.717, 1.165) is 6.08 Å². The number of carbonyl (C=O) groups excluding carboxylic acids is 1. The molecule has 22 heavy (non-hydrogen) atoms. The van der Waals surface area contributed by atoms with Crippen LogP contribution in [0.25, 0.3) is 10.8 Å². The lowest BCUT2D eigenvalue weighted by atomic mass is 10.1. The minimum absolute atomic E-state index is 0.0833. The Hall–Kier alpha value is -1.77. The van der Waals surface area contributed by atoms with Gasteiger partial charge >= 0.3 is 10.2 Å². The lowest BCUT2D eigenvalue weighted by Gasteiger charge is -2.07. The van der Waals surface area contributed by atoms with E-state index in [9.17, 15) is 21.6 Å². The summed E-state index contributed by atoms with van der Waals surface area (Å²) in [6, 6.07) is 9.25. The third-order valence-corrected chi connectivity index (χ3v) is 5.58. The minimum atomic E-state index is -4.37. The molecular weight excluding hydrogens is 352 g/mol. The molecule has 0 radical (unpaired) electrons. The van der Waals surface area contributed by atoms with Gasteiger partial charge in [0.1, 0.15) is 5.88 Å². The van der Waals surface area contributed by atoms with Crippen molar-refractivity contribution in [1.29, 1.82) is 0 Å². The van der Waals surface area contributed by atoms with Crippen molar-refractivity contribution in [3.05, 3.63) is 41.4 Å². The van der Waals surface area contributed by atoms with Crippen LogP contribution in [-0.2, 0) is 24.8 Å². The van der Waals surface area contributed by atoms with Gasteiger partial charge in [-0.05, 0) is 23.6 Å². The normalized spacial score (nSPS) is 12.0. The summed E-state index contributed by atoms with van der Waals surface area (Å²) in [5.41, 5.74) is 0. The zero-order chi connectivity index (χ0) is 16.4. The molecule has 0 heterocycles. The number of isocyanates is 1. The van der Waals surface area contributed by atoms with Gasteiger partial charge in [-0.3, -0.25) is 0 Å². The number of sulfone groups is 1. The van der Waals surface area contributed by atoms with E-state index in [4.69, 9.17) is 11.6 Å². The quantitative estimate of drug-likeness (QED) is 0.640. The van der Waals surface area contributed by atoms with Gasteiger partial charge in [0.05, 0.1) is 4.90 Å². The molecule has 116 valence electrons. The first-order chi connectivity index (χ1) is 10.2. The van der Waals surface area contributed by atoms with Gasteiger partial charge in [-0.1, -0.05) is 34.2 Å². The summed E-state index contributed by atoms with van der Waals surface area (Å²) in [7, 11) is -8.31. The van der Waals surface area contributed by atoms with Gasteiger partial charge in [-0.2, -0.15) is 13.1 Å². The van der Waals surface area contributed by atoms with Crippen molar-refractivity contribution in [3.63, 3.8) is 0 Å². The molecule has 7 nitrogen and oxygen atoms in total. The van der Waals surface area contributed by atoms with Crippen LogP contribution in [0.4, 0.5) is 0 Å². The van der Waals surface area contributed by atoms with Crippen molar-refractivity contribution < 1.29 is 21.6 Å². The molecule has 0 saturated heterocycles. The van der Waals surface area contributed by atoms with E-state index in [2.05, 4.69) is 4.40 Å². The molecular formula is C12H9ClN2O5S2. The third-order valence-electron chi connectivity index (χ3n) is 2.75. The van der Waals surface area contributed by atoms with E-state index in [1.165, 1.54) is 18.2 Å². The standard InChI is InChI=1S/C12H9ClN2O5S2/c13-12-3-1-2-9-6-10(4-5-11(9)12)21(17,18)8-15-22(19,20)14-7-16/h1-6,15H,8H2. The molecule has 2 aromatic rings. The molecule has 0 aliphatic rings. The van der Waals surface area contributed by atoms with Crippen molar-refractivity contribution in [1.82, 2.24) is 4.72 Å². The number of hydrogen-bond acceptors (Lipinski definition) is 5. The summed E-state index contributed by atoms with van der Waals surface area (Å²) in [6.45, 7) is 0. The zero-order valence-corrected chi connectivity index (χ0v) is 13.2. The summed E-state index contributed by atoms with van der Waals surface area (Å²) >= 11 is 5.99. The zero-order valence-electron chi connectivity index (χ0n) is 10.9. The number of nitrogens with one attached hydrogen (secondary N) is 1. The maximum atomic E-state index is 12.1. The van der Waals surface area contributed by atoms with Crippen LogP contribution in [0.2, 0.25) is 5.02 Å². The largest absolute Gasteiger partial charge is 0.331 e. The summed E-state index contributed by atoms with van der Waals surface area (Å²) in [6.07, 6.45) is 0.829. The van der Waals surface area contributed by atoms with Gasteiger partial charge < -0.3 is 0 Å². The predicted molar refractivity (Wildman–Crippen MR) is 81.2 cm³/mol. The summed E-state index contributed by atoms with van der Waals surface area (Å²) in [4.78, 5) is 9.84. The monoisotopic (exact) mass is 360 g/mol. The second-order valence-corrected chi connectivity index (χ2v) is 8.00. The van der Waals surface area contributed by atoms with E-state index < -0.39 is 25.9 Å². The summed E-state index contributed by atoms with van der Waals surface area (Å²) in [5.74, 6) is -0.924. The maximum absolute atomic E-state index is 12.1. The van der Waals surface area contributed by atoms with Crippen LogP contribution in [0.5, 0.6) is 0 Å². The molecule has 0 unspecified atom stereocenters. The SMILES string of the molecule is O=C=NS(=O)(=O)NCS(=O)(=O)c1ccc2c(Cl)cccc2c1. The fraction of sp³-hybridized carbons (Fsp3) is 0.0833. The smallest absolute Gasteiger partial charge is 0.222 e. The van der Waals surface area contributed by atoms with Crippen LogP contribution in [0.15, 0.2) is 45.7 Å². The molecule has 0 saturated carbocycles. The summed E-state index contributed by atoms with van der Waals surface area (Å²) < 4.78 is 50.7. The van der Waals surface area contributed by atoms with E-state index in [0.29, 0.717) is 15.8 Å². The Kier molecular flexibility index (Phi) is 4.64. The van der Waals surface area contributed by atoms with E-state index in [1.54, 1.807) is 22.9 Å². The van der Waals surface area contributed by atoms with Crippen molar-refractivity contribution in [2.45, 2.75) is 4.90 Å². The van der Waals surface area contributed by atoms with Crippen LogP contribution in [0, 0.1) is 0 Å². The highest BCUT2D eigenvalue weighted by atomic mass is 35.5. The summed E-state index contributed by atoms with van der Waals surface area (Å²) in [5, 5.41) is 1.75. The Morgan fingerprint density at radius 3 is 2.55 bits per heavy atom. The van der Waals surface area contributed by atoms with Gasteiger partial charge in [0.15, 0.2) is 9.84 Å². The molecule has 0 bridgehead atoms. The van der Waals surface area contributed by atoms with Crippen LogP contribution < -0.4 is 4.72 Å². The van der Waals surface area contributed by atoms with Gasteiger partial charge in [0.25, 0.3) is 6.08 Å². The number of halogens is 1. The number of benzene rings is 2. The Morgan fingerprint density at radius 2 is 1.86 bits per heavy atom. The molecule has 0 aliphatic carbocycles. The molecule has 0 amide bonds. The number of hydrogen-bond donors (Lipinski definition) is 1. The predicted octanol–water partition coefficient (Wildman–Crippen LogP) is 1.39. The minimum Gasteiger partial charge on any atom is -0.222 e. The molecule has 1 N–H and O–H groups in total. The van der Waals surface area contributed by atoms with Crippen molar-refractivity contribution >= 4 is 48.5 Å². The average molecular weight is 361 g/mol. The molecule has 0 atom stereocenters. The fourth-order valence-corrected chi connectivity index (χ4v) is 4.10. The van der Waals surface area contributed by atoms with Gasteiger partial charge in [-0.25, -0.2) is 13.2 Å². The number of nitrogens with zero attached hydrogens (tertiary/aromatic N) is 1. The lowest BCUT2D eigenvalue weighted by molar-refractivity contribution is 0.561. The highest BCUT2D eigenvalue weighted by Gasteiger charge is 2.19. The fourth-order valence-electron chi connectivity index (χ4n) is 1.73. The highest BCUT2D eigenvalue weighted by Crippen LogP contribution is 2.25. The van der Waals surface area contributed by atoms with Crippen LogP contribution in [-0.4, -0.2) is 28.8 Å². The van der Waals surface area contributed by atoms with Crippen molar-refractivity contribution in [3.8, 4) is 0 Å². The van der Waals surface area contributed by atoms with Crippen LogP contribution >= 0.6 is 11.6 Å². The first kappa shape index (κ1) is 16.6. The first-order valence-corrected chi connectivity index (χ1v) is 9.22. The lowest BCUT2D eigenvalue weighted by Crippen LogP contribution is -2.28. The molecule has 0 fully saturated rings. The van der Waals surface area contributed by atoms with Gasteiger partial charge in [0, 0.05) is 10.4 Å². The molecule has 10 heteroatoms. The van der Waals surface area contributed by atoms with E-state index in [-0.39, 0.29) is 4.90 Å². The van der Waals surface area contributed by atoms with E-state index >= 15 is 0 Å². The van der Waals surface area contributed by atoms with Crippen LogP contribution in [0.1, 0.15) is 0 Å². The molecule has 0 aromatic heterocycles. The Balaban J connectivity index is 2.36. The third kappa shape index (κ3) is 3.70. The van der Waals surface area contributed by atoms with E-state index in [1.807, 2.05) is 0 Å². The maximum Gasteiger partial charge on any atom is 0.331 e. The molecule has 0 aliphatic heterocycles. The second-order valence-electron chi connectivity index (χ2n) is 4.18. The Bertz CT molecular complexity index is 980.